The summed E-state index contributed by atoms with van der Waals surface area (Å²) in [5, 5.41) is 13.4. The molecule has 2 atom stereocenters. The Hall–Kier alpha value is -2.39. The summed E-state index contributed by atoms with van der Waals surface area (Å²) < 4.78 is 5.53. The summed E-state index contributed by atoms with van der Waals surface area (Å²) in [5.41, 5.74) is 2.23. The minimum Gasteiger partial charge on any atom is -0.393 e. The maximum Gasteiger partial charge on any atom is 0.188 e. The average Bonchev–Trinajstić information content (AvgIpc) is 3.17. The molecule has 8 heteroatoms. The Morgan fingerprint density at radius 1 is 1.23 bits per heavy atom. The summed E-state index contributed by atoms with van der Waals surface area (Å²) >= 11 is 1.58. The molecule has 7 nitrogen and oxygen atoms in total. The highest BCUT2D eigenvalue weighted by Crippen LogP contribution is 2.29. The smallest absolute Gasteiger partial charge is 0.188 e. The highest BCUT2D eigenvalue weighted by molar-refractivity contribution is 7.18. The standard InChI is InChI=1S/C18H19N5O2S/c24-12-15-11-23(7-8-25-15)14-3-6-20-17(9-14)22-18-21-10-16(26-18)13-1-4-19-5-2-13/h1-6,9-10,15,24H,7-8,11-12H2,(H,20,21,22)/p+1. The summed E-state index contributed by atoms with van der Waals surface area (Å²) in [6.07, 6.45) is 7.09. The van der Waals surface area contributed by atoms with Gasteiger partial charge in [0.1, 0.15) is 30.7 Å². The van der Waals surface area contributed by atoms with Crippen LogP contribution in [0.3, 0.4) is 0 Å². The number of quaternary nitrogens is 1. The summed E-state index contributed by atoms with van der Waals surface area (Å²) in [4.78, 5) is 15.3. The second kappa shape index (κ2) is 7.88. The van der Waals surface area contributed by atoms with E-state index in [1.54, 1.807) is 29.9 Å². The van der Waals surface area contributed by atoms with Crippen LogP contribution >= 0.6 is 11.3 Å². The van der Waals surface area contributed by atoms with Crippen molar-refractivity contribution in [2.75, 3.05) is 31.6 Å². The fraction of sp³-hybridized carbons (Fsp3) is 0.278. The van der Waals surface area contributed by atoms with Crippen LogP contribution in [0.1, 0.15) is 0 Å². The van der Waals surface area contributed by atoms with Gasteiger partial charge in [0.2, 0.25) is 0 Å². The van der Waals surface area contributed by atoms with Gasteiger partial charge in [0.15, 0.2) is 5.13 Å². The van der Waals surface area contributed by atoms with E-state index in [0.717, 1.165) is 40.2 Å². The lowest BCUT2D eigenvalue weighted by molar-refractivity contribution is -0.847. The molecular formula is C18H20N5O2S+. The van der Waals surface area contributed by atoms with Crippen molar-refractivity contribution in [2.24, 2.45) is 0 Å². The van der Waals surface area contributed by atoms with E-state index in [0.29, 0.717) is 6.61 Å². The molecule has 3 aromatic heterocycles. The summed E-state index contributed by atoms with van der Waals surface area (Å²) in [6, 6.07) is 7.97. The van der Waals surface area contributed by atoms with Gasteiger partial charge >= 0.3 is 0 Å². The minimum absolute atomic E-state index is 0.0522. The monoisotopic (exact) mass is 370 g/mol. The second-order valence-electron chi connectivity index (χ2n) is 6.05. The first-order valence-corrected chi connectivity index (χ1v) is 9.30. The van der Waals surface area contributed by atoms with E-state index < -0.39 is 0 Å². The van der Waals surface area contributed by atoms with Gasteiger partial charge in [0.05, 0.1) is 18.1 Å². The molecule has 3 N–H and O–H groups in total. The van der Waals surface area contributed by atoms with E-state index in [1.807, 2.05) is 30.5 Å². The van der Waals surface area contributed by atoms with E-state index in [2.05, 4.69) is 20.3 Å². The number of hydrogen-bond acceptors (Lipinski definition) is 7. The van der Waals surface area contributed by atoms with Gasteiger partial charge in [0, 0.05) is 36.9 Å². The predicted molar refractivity (Wildman–Crippen MR) is 100 cm³/mol. The van der Waals surface area contributed by atoms with E-state index in [-0.39, 0.29) is 12.7 Å². The Morgan fingerprint density at radius 2 is 2.12 bits per heavy atom. The zero-order chi connectivity index (χ0) is 17.8. The molecule has 0 spiro atoms. The highest BCUT2D eigenvalue weighted by atomic mass is 32.1. The molecule has 2 unspecified atom stereocenters. The third kappa shape index (κ3) is 3.88. The molecule has 26 heavy (non-hydrogen) atoms. The molecule has 0 bridgehead atoms. The highest BCUT2D eigenvalue weighted by Gasteiger charge is 2.25. The molecule has 3 aromatic rings. The van der Waals surface area contributed by atoms with E-state index in [4.69, 9.17) is 4.74 Å². The number of pyridine rings is 2. The number of ether oxygens (including phenoxy) is 1. The Kier molecular flexibility index (Phi) is 5.16. The molecule has 134 valence electrons. The number of aromatic nitrogens is 3. The van der Waals surface area contributed by atoms with Crippen LogP contribution in [0.5, 0.6) is 0 Å². The molecule has 1 saturated heterocycles. The SMILES string of the molecule is OCC1C[NH+](c2ccnc(Nc3ncc(-c4ccncc4)s3)c2)CCO1. The Bertz CT molecular complexity index is 858. The molecule has 1 aliphatic heterocycles. The molecule has 0 aromatic carbocycles. The third-order valence-corrected chi connectivity index (χ3v) is 5.27. The Labute approximate surface area is 155 Å². The summed E-state index contributed by atoms with van der Waals surface area (Å²) in [6.45, 7) is 2.33. The van der Waals surface area contributed by atoms with Gasteiger partial charge in [-0.1, -0.05) is 11.3 Å². The van der Waals surface area contributed by atoms with Crippen molar-refractivity contribution >= 4 is 28.0 Å². The maximum absolute atomic E-state index is 9.33. The van der Waals surface area contributed by atoms with E-state index in [9.17, 15) is 5.11 Å². The average molecular weight is 370 g/mol. The lowest BCUT2D eigenvalue weighted by Crippen LogP contribution is -3.10. The van der Waals surface area contributed by atoms with Crippen LogP contribution in [0.4, 0.5) is 16.6 Å². The number of rotatable bonds is 5. The van der Waals surface area contributed by atoms with E-state index in [1.165, 1.54) is 4.90 Å². The number of aliphatic hydroxyl groups excluding tert-OH is 1. The van der Waals surface area contributed by atoms with Gasteiger partial charge in [-0.2, -0.15) is 0 Å². The second-order valence-corrected chi connectivity index (χ2v) is 7.08. The van der Waals surface area contributed by atoms with Gasteiger partial charge in [-0.3, -0.25) is 9.88 Å². The molecular weight excluding hydrogens is 350 g/mol. The fourth-order valence-corrected chi connectivity index (χ4v) is 3.80. The molecule has 0 saturated carbocycles. The number of nitrogens with zero attached hydrogens (tertiary/aromatic N) is 3. The Balaban J connectivity index is 1.48. The maximum atomic E-state index is 9.33. The van der Waals surface area contributed by atoms with Crippen molar-refractivity contribution in [3.05, 3.63) is 49.1 Å². The van der Waals surface area contributed by atoms with Gasteiger partial charge < -0.3 is 15.2 Å². The first kappa shape index (κ1) is 17.0. The normalized spacial score (nSPS) is 20.0. The molecule has 1 aliphatic rings. The van der Waals surface area contributed by atoms with Crippen molar-refractivity contribution in [3.8, 4) is 10.4 Å². The van der Waals surface area contributed by atoms with Crippen LogP contribution < -0.4 is 10.2 Å². The first-order chi connectivity index (χ1) is 12.8. The van der Waals surface area contributed by atoms with Crippen LogP contribution in [0.25, 0.3) is 10.4 Å². The fourth-order valence-electron chi connectivity index (χ4n) is 2.97. The third-order valence-electron chi connectivity index (χ3n) is 4.31. The molecule has 0 amide bonds. The number of aliphatic hydroxyl groups is 1. The lowest BCUT2D eigenvalue weighted by atomic mass is 10.2. The van der Waals surface area contributed by atoms with Crippen molar-refractivity contribution in [2.45, 2.75) is 6.10 Å². The number of nitrogens with one attached hydrogen (secondary N) is 2. The van der Waals surface area contributed by atoms with Crippen LogP contribution in [-0.2, 0) is 4.74 Å². The number of anilines is 2. The zero-order valence-electron chi connectivity index (χ0n) is 14.1. The number of morpholine rings is 1. The minimum atomic E-state index is -0.106. The topological polar surface area (TPSA) is 84.6 Å². The molecule has 4 rings (SSSR count). The molecule has 4 heterocycles. The largest absolute Gasteiger partial charge is 0.393 e. The summed E-state index contributed by atoms with van der Waals surface area (Å²) in [5.74, 6) is 0.762. The van der Waals surface area contributed by atoms with Gasteiger partial charge in [0.25, 0.3) is 0 Å². The van der Waals surface area contributed by atoms with Gasteiger partial charge in [-0.15, -0.1) is 0 Å². The van der Waals surface area contributed by atoms with E-state index >= 15 is 0 Å². The Morgan fingerprint density at radius 3 is 2.96 bits per heavy atom. The number of hydrogen-bond donors (Lipinski definition) is 3. The first-order valence-electron chi connectivity index (χ1n) is 8.48. The zero-order valence-corrected chi connectivity index (χ0v) is 14.9. The van der Waals surface area contributed by atoms with Crippen LogP contribution in [0, 0.1) is 0 Å². The van der Waals surface area contributed by atoms with Crippen molar-refractivity contribution in [1.29, 1.82) is 0 Å². The molecule has 0 radical (unpaired) electrons. The van der Waals surface area contributed by atoms with Crippen LogP contribution in [-0.4, -0.2) is 52.5 Å². The molecule has 1 fully saturated rings. The van der Waals surface area contributed by atoms with Crippen molar-refractivity contribution in [3.63, 3.8) is 0 Å². The predicted octanol–water partition coefficient (Wildman–Crippen LogP) is 1.25. The van der Waals surface area contributed by atoms with Gasteiger partial charge in [-0.25, -0.2) is 9.97 Å². The quantitative estimate of drug-likeness (QED) is 0.627. The lowest BCUT2D eigenvalue weighted by Gasteiger charge is -2.28. The number of thiazole rings is 1. The van der Waals surface area contributed by atoms with Crippen LogP contribution in [0.2, 0.25) is 0 Å². The van der Waals surface area contributed by atoms with Crippen molar-refractivity contribution < 1.29 is 14.7 Å². The van der Waals surface area contributed by atoms with Crippen molar-refractivity contribution in [1.82, 2.24) is 15.0 Å². The van der Waals surface area contributed by atoms with Gasteiger partial charge in [-0.05, 0) is 17.7 Å². The van der Waals surface area contributed by atoms with Crippen LogP contribution in [0.15, 0.2) is 49.1 Å². The summed E-state index contributed by atoms with van der Waals surface area (Å²) in [7, 11) is 0. The molecule has 0 aliphatic carbocycles.